The van der Waals surface area contributed by atoms with Crippen molar-refractivity contribution in [3.8, 4) is 5.75 Å². The average Bonchev–Trinajstić information content (AvgIpc) is 3.08. The lowest BCUT2D eigenvalue weighted by molar-refractivity contribution is 0.308. The highest BCUT2D eigenvalue weighted by Crippen LogP contribution is 2.56. The first-order valence-electron chi connectivity index (χ1n) is 8.78. The van der Waals surface area contributed by atoms with Crippen LogP contribution in [0.15, 0.2) is 12.1 Å². The van der Waals surface area contributed by atoms with Crippen molar-refractivity contribution >= 4 is 0 Å². The van der Waals surface area contributed by atoms with Crippen LogP contribution in [-0.4, -0.2) is 6.61 Å². The summed E-state index contributed by atoms with van der Waals surface area (Å²) < 4.78 is 33.8. The van der Waals surface area contributed by atoms with Gasteiger partial charge in [0.25, 0.3) is 0 Å². The van der Waals surface area contributed by atoms with Crippen LogP contribution in [0.1, 0.15) is 63.9 Å². The molecular formula is C19H26F2O. The first-order valence-corrected chi connectivity index (χ1v) is 8.78. The molecule has 0 amide bonds. The third-order valence-corrected chi connectivity index (χ3v) is 5.79. The summed E-state index contributed by atoms with van der Waals surface area (Å²) in [6.07, 6.45) is 7.13. The van der Waals surface area contributed by atoms with Crippen LogP contribution in [0.25, 0.3) is 0 Å². The highest BCUT2D eigenvalue weighted by Gasteiger charge is 2.45. The standard InChI is InChI=1S/C19H26F2O/c1-3-5-12-6-7-14-13(12)8-9-15(14)16-10-11-17(22-4-2)19(21)18(16)20/h10-15H,3-9H2,1-2H3. The van der Waals surface area contributed by atoms with Crippen molar-refractivity contribution in [1.29, 1.82) is 0 Å². The Kier molecular flexibility index (Phi) is 4.70. The summed E-state index contributed by atoms with van der Waals surface area (Å²) in [5.74, 6) is 0.796. The molecule has 0 radical (unpaired) electrons. The van der Waals surface area contributed by atoms with Gasteiger partial charge >= 0.3 is 0 Å². The molecule has 1 nitrogen and oxygen atoms in total. The highest BCUT2D eigenvalue weighted by molar-refractivity contribution is 5.34. The maximum atomic E-state index is 14.5. The van der Waals surface area contributed by atoms with Crippen molar-refractivity contribution in [2.75, 3.05) is 6.61 Å². The number of rotatable bonds is 5. The van der Waals surface area contributed by atoms with E-state index in [1.807, 2.05) is 0 Å². The SMILES string of the molecule is CCCC1CCC2C(c3ccc(OCC)c(F)c3F)CCC12. The van der Waals surface area contributed by atoms with Gasteiger partial charge in [0, 0.05) is 0 Å². The van der Waals surface area contributed by atoms with E-state index in [4.69, 9.17) is 4.74 Å². The van der Waals surface area contributed by atoms with Gasteiger partial charge < -0.3 is 4.74 Å². The largest absolute Gasteiger partial charge is 0.491 e. The van der Waals surface area contributed by atoms with Crippen LogP contribution in [-0.2, 0) is 0 Å². The predicted molar refractivity (Wildman–Crippen MR) is 84.1 cm³/mol. The molecule has 2 aliphatic carbocycles. The van der Waals surface area contributed by atoms with Gasteiger partial charge in [0.05, 0.1) is 6.61 Å². The normalized spacial score (nSPS) is 30.5. The Bertz CT molecular complexity index is 528. The van der Waals surface area contributed by atoms with Gasteiger partial charge in [-0.05, 0) is 67.9 Å². The molecule has 3 rings (SSSR count). The predicted octanol–water partition coefficient (Wildman–Crippen LogP) is 5.68. The molecule has 122 valence electrons. The molecule has 2 saturated carbocycles. The Morgan fingerprint density at radius 1 is 1.00 bits per heavy atom. The Morgan fingerprint density at radius 3 is 2.50 bits per heavy atom. The summed E-state index contributed by atoms with van der Waals surface area (Å²) >= 11 is 0. The number of halogens is 2. The van der Waals surface area contributed by atoms with Crippen LogP contribution >= 0.6 is 0 Å². The van der Waals surface area contributed by atoms with E-state index in [0.717, 1.165) is 18.3 Å². The van der Waals surface area contributed by atoms with Crippen LogP contribution in [0.3, 0.4) is 0 Å². The van der Waals surface area contributed by atoms with Crippen molar-refractivity contribution in [2.24, 2.45) is 17.8 Å². The van der Waals surface area contributed by atoms with Gasteiger partial charge in [-0.3, -0.25) is 0 Å². The van der Waals surface area contributed by atoms with E-state index in [9.17, 15) is 8.78 Å². The molecule has 0 spiro atoms. The van der Waals surface area contributed by atoms with Gasteiger partial charge in [-0.1, -0.05) is 25.8 Å². The zero-order chi connectivity index (χ0) is 15.7. The fourth-order valence-electron chi connectivity index (χ4n) is 4.94. The van der Waals surface area contributed by atoms with E-state index < -0.39 is 11.6 Å². The molecule has 0 N–H and O–H groups in total. The van der Waals surface area contributed by atoms with E-state index in [-0.39, 0.29) is 11.7 Å². The number of ether oxygens (including phenoxy) is 1. The minimum Gasteiger partial charge on any atom is -0.491 e. The third kappa shape index (κ3) is 2.63. The topological polar surface area (TPSA) is 9.23 Å². The minimum absolute atomic E-state index is 0.0357. The van der Waals surface area contributed by atoms with Crippen molar-refractivity contribution in [2.45, 2.75) is 58.3 Å². The Balaban J connectivity index is 1.82. The van der Waals surface area contributed by atoms with Crippen molar-refractivity contribution < 1.29 is 13.5 Å². The zero-order valence-corrected chi connectivity index (χ0v) is 13.6. The molecule has 3 heteroatoms. The summed E-state index contributed by atoms with van der Waals surface area (Å²) in [5, 5.41) is 0. The Morgan fingerprint density at radius 2 is 1.77 bits per heavy atom. The van der Waals surface area contributed by atoms with Crippen molar-refractivity contribution in [3.63, 3.8) is 0 Å². The first kappa shape index (κ1) is 15.8. The van der Waals surface area contributed by atoms with Crippen LogP contribution in [0, 0.1) is 29.4 Å². The van der Waals surface area contributed by atoms with Gasteiger partial charge in [0.1, 0.15) is 0 Å². The van der Waals surface area contributed by atoms with E-state index in [2.05, 4.69) is 6.92 Å². The van der Waals surface area contributed by atoms with Crippen LogP contribution in [0.4, 0.5) is 8.78 Å². The molecule has 0 saturated heterocycles. The average molecular weight is 308 g/mol. The molecule has 0 bridgehead atoms. The molecule has 1 aromatic rings. The van der Waals surface area contributed by atoms with Gasteiger partial charge in [-0.15, -0.1) is 0 Å². The van der Waals surface area contributed by atoms with Crippen LogP contribution < -0.4 is 4.74 Å². The molecule has 4 atom stereocenters. The second kappa shape index (κ2) is 6.55. The highest BCUT2D eigenvalue weighted by atomic mass is 19.2. The van der Waals surface area contributed by atoms with Gasteiger partial charge in [-0.2, -0.15) is 4.39 Å². The zero-order valence-electron chi connectivity index (χ0n) is 13.6. The molecule has 2 fully saturated rings. The van der Waals surface area contributed by atoms with E-state index >= 15 is 0 Å². The van der Waals surface area contributed by atoms with E-state index in [1.165, 1.54) is 32.1 Å². The molecule has 0 aromatic heterocycles. The summed E-state index contributed by atoms with van der Waals surface area (Å²) in [4.78, 5) is 0. The summed E-state index contributed by atoms with van der Waals surface area (Å²) in [6.45, 7) is 4.36. The van der Waals surface area contributed by atoms with Crippen LogP contribution in [0.2, 0.25) is 0 Å². The van der Waals surface area contributed by atoms with Gasteiger partial charge in [0.15, 0.2) is 11.6 Å². The van der Waals surface area contributed by atoms with Gasteiger partial charge in [0.2, 0.25) is 5.82 Å². The second-order valence-electron chi connectivity index (χ2n) is 6.85. The molecule has 22 heavy (non-hydrogen) atoms. The van der Waals surface area contributed by atoms with E-state index in [0.29, 0.717) is 18.1 Å². The number of benzene rings is 1. The maximum absolute atomic E-state index is 14.5. The molecule has 2 aliphatic rings. The van der Waals surface area contributed by atoms with E-state index in [1.54, 1.807) is 19.1 Å². The lowest BCUT2D eigenvalue weighted by Gasteiger charge is -2.22. The van der Waals surface area contributed by atoms with Crippen molar-refractivity contribution in [3.05, 3.63) is 29.3 Å². The molecule has 0 aliphatic heterocycles. The molecule has 1 aromatic carbocycles. The molecular weight excluding hydrogens is 282 g/mol. The number of fused-ring (bicyclic) bond motifs is 1. The Labute approximate surface area is 132 Å². The quantitative estimate of drug-likeness (QED) is 0.679. The number of hydrogen-bond acceptors (Lipinski definition) is 1. The lowest BCUT2D eigenvalue weighted by Crippen LogP contribution is -2.13. The third-order valence-electron chi connectivity index (χ3n) is 5.79. The van der Waals surface area contributed by atoms with Gasteiger partial charge in [-0.25, -0.2) is 4.39 Å². The fourth-order valence-corrected chi connectivity index (χ4v) is 4.94. The minimum atomic E-state index is -0.814. The Hall–Kier alpha value is -1.12. The fraction of sp³-hybridized carbons (Fsp3) is 0.684. The smallest absolute Gasteiger partial charge is 0.200 e. The summed E-state index contributed by atoms with van der Waals surface area (Å²) in [6, 6.07) is 3.35. The second-order valence-corrected chi connectivity index (χ2v) is 6.85. The molecule has 0 heterocycles. The van der Waals surface area contributed by atoms with Crippen LogP contribution in [0.5, 0.6) is 5.75 Å². The summed E-state index contributed by atoms with van der Waals surface area (Å²) in [7, 11) is 0. The molecule has 4 unspecified atom stereocenters. The lowest BCUT2D eigenvalue weighted by atomic mass is 9.84. The number of hydrogen-bond donors (Lipinski definition) is 0. The maximum Gasteiger partial charge on any atom is 0.200 e. The summed E-state index contributed by atoms with van der Waals surface area (Å²) in [5.41, 5.74) is 0.575. The monoisotopic (exact) mass is 308 g/mol. The first-order chi connectivity index (χ1) is 10.7. The van der Waals surface area contributed by atoms with Crippen molar-refractivity contribution in [1.82, 2.24) is 0 Å².